The number of hydrogen-bond donors (Lipinski definition) is 0. The molecule has 0 bridgehead atoms. The van der Waals surface area contributed by atoms with Gasteiger partial charge in [0.15, 0.2) is 16.4 Å². The lowest BCUT2D eigenvalue weighted by molar-refractivity contribution is -0.141. The van der Waals surface area contributed by atoms with E-state index in [9.17, 15) is 18.0 Å². The third-order valence-electron chi connectivity index (χ3n) is 6.07. The number of sulfone groups is 1. The average Bonchev–Trinajstić information content (AvgIpc) is 2.73. The van der Waals surface area contributed by atoms with Crippen LogP contribution in [0.1, 0.15) is 74.6 Å². The Balaban J connectivity index is 1.63. The molecular weight excluding hydrogens is 390 g/mol. The SMILES string of the molecule is CS(=O)(=O)c1ccc(C(=O)OCC(=O)N(C2CCCCC2)C2CCCCC2)cc1. The van der Waals surface area contributed by atoms with E-state index in [2.05, 4.69) is 0 Å². The standard InChI is InChI=1S/C22H31NO5S/c1-29(26,27)20-14-12-17(13-15-20)22(25)28-16-21(24)23(18-8-4-2-5-9-18)19-10-6-3-7-11-19/h12-15,18-19H,2-11,16H2,1H3. The molecule has 2 aliphatic rings. The Morgan fingerprint density at radius 2 is 1.38 bits per heavy atom. The topological polar surface area (TPSA) is 80.7 Å². The van der Waals surface area contributed by atoms with Crippen LogP contribution in [0.25, 0.3) is 0 Å². The molecule has 29 heavy (non-hydrogen) atoms. The molecule has 0 saturated heterocycles. The summed E-state index contributed by atoms with van der Waals surface area (Å²) in [5.41, 5.74) is 0.243. The van der Waals surface area contributed by atoms with Crippen LogP contribution in [0.15, 0.2) is 29.2 Å². The summed E-state index contributed by atoms with van der Waals surface area (Å²) in [4.78, 5) is 27.5. The molecule has 0 atom stereocenters. The number of nitrogens with zero attached hydrogens (tertiary/aromatic N) is 1. The molecule has 1 aromatic carbocycles. The Morgan fingerprint density at radius 3 is 1.83 bits per heavy atom. The van der Waals surface area contributed by atoms with Gasteiger partial charge in [-0.05, 0) is 49.9 Å². The van der Waals surface area contributed by atoms with Crippen LogP contribution in [-0.4, -0.2) is 50.1 Å². The maximum Gasteiger partial charge on any atom is 0.338 e. The van der Waals surface area contributed by atoms with Gasteiger partial charge in [-0.3, -0.25) is 4.79 Å². The van der Waals surface area contributed by atoms with E-state index in [1.54, 1.807) is 0 Å². The molecule has 1 amide bonds. The predicted molar refractivity (Wildman–Crippen MR) is 110 cm³/mol. The Morgan fingerprint density at radius 1 is 0.897 bits per heavy atom. The second-order valence-electron chi connectivity index (χ2n) is 8.26. The van der Waals surface area contributed by atoms with Crippen molar-refractivity contribution < 1.29 is 22.7 Å². The molecule has 0 aromatic heterocycles. The second kappa shape index (κ2) is 9.74. The van der Waals surface area contributed by atoms with E-state index in [0.717, 1.165) is 57.6 Å². The van der Waals surface area contributed by atoms with Crippen LogP contribution in [0.5, 0.6) is 0 Å². The molecule has 0 radical (unpaired) electrons. The number of carbonyl (C=O) groups excluding carboxylic acids is 2. The molecule has 2 fully saturated rings. The van der Waals surface area contributed by atoms with Gasteiger partial charge < -0.3 is 9.64 Å². The minimum absolute atomic E-state index is 0.107. The summed E-state index contributed by atoms with van der Waals surface area (Å²) in [6.45, 7) is -0.264. The van der Waals surface area contributed by atoms with Crippen molar-refractivity contribution in [2.75, 3.05) is 12.9 Å². The maximum atomic E-state index is 13.0. The van der Waals surface area contributed by atoms with Crippen LogP contribution in [-0.2, 0) is 19.4 Å². The Bertz CT molecular complexity index is 788. The van der Waals surface area contributed by atoms with Gasteiger partial charge in [0.25, 0.3) is 5.91 Å². The number of amides is 1. The number of esters is 1. The van der Waals surface area contributed by atoms with Crippen molar-refractivity contribution in [1.29, 1.82) is 0 Å². The maximum absolute atomic E-state index is 13.0. The van der Waals surface area contributed by atoms with E-state index < -0.39 is 15.8 Å². The molecule has 7 heteroatoms. The highest BCUT2D eigenvalue weighted by atomic mass is 32.2. The molecule has 3 rings (SSSR count). The van der Waals surface area contributed by atoms with Crippen LogP contribution >= 0.6 is 0 Å². The minimum Gasteiger partial charge on any atom is -0.452 e. The number of carbonyl (C=O) groups is 2. The first-order chi connectivity index (χ1) is 13.9. The third-order valence-corrected chi connectivity index (χ3v) is 7.20. The smallest absolute Gasteiger partial charge is 0.338 e. The highest BCUT2D eigenvalue weighted by molar-refractivity contribution is 7.90. The van der Waals surface area contributed by atoms with Crippen molar-refractivity contribution >= 4 is 21.7 Å². The molecule has 0 aliphatic heterocycles. The zero-order valence-electron chi connectivity index (χ0n) is 17.1. The number of benzene rings is 1. The molecular formula is C22H31NO5S. The molecule has 0 unspecified atom stereocenters. The van der Waals surface area contributed by atoms with E-state index >= 15 is 0 Å². The number of hydrogen-bond acceptors (Lipinski definition) is 5. The first-order valence-corrected chi connectivity index (χ1v) is 12.5. The van der Waals surface area contributed by atoms with Crippen LogP contribution < -0.4 is 0 Å². The summed E-state index contributed by atoms with van der Waals surface area (Å²) < 4.78 is 28.4. The van der Waals surface area contributed by atoms with Crippen LogP contribution in [0.3, 0.4) is 0 Å². The summed E-state index contributed by atoms with van der Waals surface area (Å²) in [6, 6.07) is 6.11. The van der Waals surface area contributed by atoms with Crippen molar-refractivity contribution in [3.05, 3.63) is 29.8 Å². The summed E-state index contributed by atoms with van der Waals surface area (Å²) in [5, 5.41) is 0. The van der Waals surface area contributed by atoms with Crippen LogP contribution in [0.4, 0.5) is 0 Å². The zero-order valence-corrected chi connectivity index (χ0v) is 18.0. The van der Waals surface area contributed by atoms with Gasteiger partial charge in [0, 0.05) is 18.3 Å². The largest absolute Gasteiger partial charge is 0.452 e. The van der Waals surface area contributed by atoms with E-state index in [1.165, 1.54) is 37.1 Å². The van der Waals surface area contributed by atoms with E-state index in [-0.39, 0.29) is 35.1 Å². The normalized spacial score (nSPS) is 18.9. The van der Waals surface area contributed by atoms with Gasteiger partial charge in [-0.15, -0.1) is 0 Å². The first kappa shape index (κ1) is 21.8. The van der Waals surface area contributed by atoms with Gasteiger partial charge in [-0.2, -0.15) is 0 Å². The highest BCUT2D eigenvalue weighted by Crippen LogP contribution is 2.30. The van der Waals surface area contributed by atoms with Gasteiger partial charge in [0.1, 0.15) is 0 Å². The van der Waals surface area contributed by atoms with Gasteiger partial charge in [-0.25, -0.2) is 13.2 Å². The number of ether oxygens (including phenoxy) is 1. The highest BCUT2D eigenvalue weighted by Gasteiger charge is 2.32. The van der Waals surface area contributed by atoms with Crippen molar-refractivity contribution in [1.82, 2.24) is 4.90 Å². The van der Waals surface area contributed by atoms with E-state index in [0.29, 0.717) is 0 Å². The molecule has 0 heterocycles. The van der Waals surface area contributed by atoms with Gasteiger partial charge in [-0.1, -0.05) is 38.5 Å². The first-order valence-electron chi connectivity index (χ1n) is 10.6. The van der Waals surface area contributed by atoms with Crippen molar-refractivity contribution in [3.63, 3.8) is 0 Å². The summed E-state index contributed by atoms with van der Waals surface area (Å²) in [5.74, 6) is -0.712. The summed E-state index contributed by atoms with van der Waals surface area (Å²) in [6.07, 6.45) is 12.3. The minimum atomic E-state index is -3.32. The van der Waals surface area contributed by atoms with Crippen LogP contribution in [0, 0.1) is 0 Å². The van der Waals surface area contributed by atoms with E-state index in [1.807, 2.05) is 4.90 Å². The molecule has 2 aliphatic carbocycles. The Hall–Kier alpha value is -1.89. The molecule has 2 saturated carbocycles. The van der Waals surface area contributed by atoms with Gasteiger partial charge in [0.2, 0.25) is 0 Å². The lowest BCUT2D eigenvalue weighted by Crippen LogP contribution is -2.50. The summed E-state index contributed by atoms with van der Waals surface area (Å²) >= 11 is 0. The van der Waals surface area contributed by atoms with Crippen molar-refractivity contribution in [3.8, 4) is 0 Å². The fourth-order valence-electron chi connectivity index (χ4n) is 4.55. The molecule has 0 N–H and O–H groups in total. The third kappa shape index (κ3) is 5.81. The lowest BCUT2D eigenvalue weighted by Gasteiger charge is -2.41. The quantitative estimate of drug-likeness (QED) is 0.654. The van der Waals surface area contributed by atoms with Crippen molar-refractivity contribution in [2.24, 2.45) is 0 Å². The monoisotopic (exact) mass is 421 g/mol. The fourth-order valence-corrected chi connectivity index (χ4v) is 5.18. The zero-order chi connectivity index (χ0) is 20.9. The lowest BCUT2D eigenvalue weighted by atomic mass is 9.88. The van der Waals surface area contributed by atoms with Gasteiger partial charge >= 0.3 is 5.97 Å². The number of rotatable bonds is 6. The second-order valence-corrected chi connectivity index (χ2v) is 10.3. The fraction of sp³-hybridized carbons (Fsp3) is 0.636. The summed E-state index contributed by atoms with van der Waals surface area (Å²) in [7, 11) is -3.32. The molecule has 160 valence electrons. The Labute approximate surface area is 173 Å². The molecule has 6 nitrogen and oxygen atoms in total. The van der Waals surface area contributed by atoms with Gasteiger partial charge in [0.05, 0.1) is 10.5 Å². The Kier molecular flexibility index (Phi) is 7.33. The molecule has 1 aromatic rings. The van der Waals surface area contributed by atoms with Crippen molar-refractivity contribution in [2.45, 2.75) is 81.2 Å². The van der Waals surface area contributed by atoms with Crippen LogP contribution in [0.2, 0.25) is 0 Å². The van der Waals surface area contributed by atoms with E-state index in [4.69, 9.17) is 4.74 Å². The average molecular weight is 422 g/mol. The predicted octanol–water partition coefficient (Wildman–Crippen LogP) is 3.74. The molecule has 0 spiro atoms.